The number of nitrogens with zero attached hydrogens (tertiary/aromatic N) is 5. The van der Waals surface area contributed by atoms with Crippen LogP contribution in [0.25, 0.3) is 0 Å². The Morgan fingerprint density at radius 2 is 1.86 bits per heavy atom. The molecule has 1 aromatic heterocycles. The molecule has 2 saturated heterocycles. The molecule has 122 valence electrons. The van der Waals surface area contributed by atoms with E-state index in [2.05, 4.69) is 26.4 Å². The van der Waals surface area contributed by atoms with Gasteiger partial charge in [-0.1, -0.05) is 0 Å². The van der Waals surface area contributed by atoms with Gasteiger partial charge >= 0.3 is 0 Å². The number of rotatable bonds is 6. The molecule has 0 bridgehead atoms. The third-order valence-electron chi connectivity index (χ3n) is 4.82. The monoisotopic (exact) mass is 305 g/mol. The molecule has 6 nitrogen and oxygen atoms in total. The summed E-state index contributed by atoms with van der Waals surface area (Å²) in [7, 11) is 2.05. The number of hydrogen-bond donors (Lipinski definition) is 0. The van der Waals surface area contributed by atoms with Gasteiger partial charge in [-0.2, -0.15) is 0 Å². The summed E-state index contributed by atoms with van der Waals surface area (Å²) in [6.07, 6.45) is 6.78. The van der Waals surface area contributed by atoms with Gasteiger partial charge in [0, 0.05) is 65.1 Å². The predicted octanol–water partition coefficient (Wildman–Crippen LogP) is 0.550. The van der Waals surface area contributed by atoms with Crippen molar-refractivity contribution in [2.75, 3.05) is 45.8 Å². The van der Waals surface area contributed by atoms with Gasteiger partial charge in [-0.3, -0.25) is 9.69 Å². The highest BCUT2D eigenvalue weighted by atomic mass is 16.2. The molecule has 0 unspecified atom stereocenters. The maximum absolute atomic E-state index is 11.6. The van der Waals surface area contributed by atoms with Crippen LogP contribution in [0.3, 0.4) is 0 Å². The third-order valence-corrected chi connectivity index (χ3v) is 4.82. The van der Waals surface area contributed by atoms with E-state index < -0.39 is 0 Å². The van der Waals surface area contributed by atoms with E-state index in [-0.39, 0.29) is 0 Å². The Balaban J connectivity index is 1.33. The maximum atomic E-state index is 11.6. The molecule has 0 radical (unpaired) electrons. The normalized spacial score (nSPS) is 21.0. The van der Waals surface area contributed by atoms with Gasteiger partial charge in [-0.15, -0.1) is 0 Å². The van der Waals surface area contributed by atoms with Crippen LogP contribution in [0.4, 0.5) is 0 Å². The van der Waals surface area contributed by atoms with E-state index in [0.717, 1.165) is 77.4 Å². The van der Waals surface area contributed by atoms with E-state index in [1.165, 1.54) is 0 Å². The molecular formula is C16H27N5O. The molecule has 0 aromatic carbocycles. The molecule has 0 aliphatic carbocycles. The fourth-order valence-electron chi connectivity index (χ4n) is 3.35. The van der Waals surface area contributed by atoms with Crippen molar-refractivity contribution < 1.29 is 4.79 Å². The maximum Gasteiger partial charge on any atom is 0.222 e. The van der Waals surface area contributed by atoms with Crippen LogP contribution in [-0.4, -0.2) is 76.0 Å². The SMILES string of the molecule is Cn1ccnc1CN1CCN(CCCN2CCCC2=O)CC1. The molecule has 1 amide bonds. The first kappa shape index (κ1) is 15.5. The number of carbonyl (C=O) groups excluding carboxylic acids is 1. The molecule has 3 heterocycles. The smallest absolute Gasteiger partial charge is 0.222 e. The Morgan fingerprint density at radius 3 is 2.50 bits per heavy atom. The van der Waals surface area contributed by atoms with Gasteiger partial charge in [0.05, 0.1) is 6.54 Å². The number of amides is 1. The van der Waals surface area contributed by atoms with Gasteiger partial charge in [0.15, 0.2) is 0 Å². The molecule has 0 spiro atoms. The van der Waals surface area contributed by atoms with Crippen molar-refractivity contribution in [3.05, 3.63) is 18.2 Å². The second-order valence-corrected chi connectivity index (χ2v) is 6.41. The standard InChI is InChI=1S/C16H27N5O/c1-18-9-5-17-15(18)14-20-12-10-19(11-13-20)6-3-8-21-7-2-4-16(21)22/h5,9H,2-4,6-8,10-14H2,1H3. The van der Waals surface area contributed by atoms with Crippen LogP contribution in [0.5, 0.6) is 0 Å². The van der Waals surface area contributed by atoms with Crippen LogP contribution in [-0.2, 0) is 18.4 Å². The molecule has 22 heavy (non-hydrogen) atoms. The Hall–Kier alpha value is -1.40. The molecule has 0 saturated carbocycles. The van der Waals surface area contributed by atoms with E-state index >= 15 is 0 Å². The Kier molecular flexibility index (Phi) is 5.10. The minimum Gasteiger partial charge on any atom is -0.343 e. The lowest BCUT2D eigenvalue weighted by atomic mass is 10.2. The highest BCUT2D eigenvalue weighted by molar-refractivity contribution is 5.77. The summed E-state index contributed by atoms with van der Waals surface area (Å²) in [5.74, 6) is 1.49. The van der Waals surface area contributed by atoms with Crippen molar-refractivity contribution in [3.8, 4) is 0 Å². The Bertz CT molecular complexity index is 492. The fraction of sp³-hybridized carbons (Fsp3) is 0.750. The summed E-state index contributed by atoms with van der Waals surface area (Å²) >= 11 is 0. The summed E-state index contributed by atoms with van der Waals surface area (Å²) in [5.41, 5.74) is 0. The van der Waals surface area contributed by atoms with Gasteiger partial charge in [0.25, 0.3) is 0 Å². The van der Waals surface area contributed by atoms with Gasteiger partial charge in [0.2, 0.25) is 5.91 Å². The molecular weight excluding hydrogens is 278 g/mol. The topological polar surface area (TPSA) is 44.6 Å². The van der Waals surface area contributed by atoms with E-state index in [0.29, 0.717) is 5.91 Å². The van der Waals surface area contributed by atoms with Crippen LogP contribution in [0.1, 0.15) is 25.1 Å². The van der Waals surface area contributed by atoms with Crippen molar-refractivity contribution in [1.29, 1.82) is 0 Å². The predicted molar refractivity (Wildman–Crippen MR) is 85.4 cm³/mol. The highest BCUT2D eigenvalue weighted by Crippen LogP contribution is 2.11. The third kappa shape index (κ3) is 3.87. The van der Waals surface area contributed by atoms with E-state index in [4.69, 9.17) is 0 Å². The van der Waals surface area contributed by atoms with Crippen LogP contribution >= 0.6 is 0 Å². The number of carbonyl (C=O) groups is 1. The van der Waals surface area contributed by atoms with Gasteiger partial charge in [0.1, 0.15) is 5.82 Å². The molecule has 0 N–H and O–H groups in total. The number of piperazine rings is 1. The van der Waals surface area contributed by atoms with Gasteiger partial charge < -0.3 is 14.4 Å². The largest absolute Gasteiger partial charge is 0.343 e. The molecule has 2 aliphatic heterocycles. The lowest BCUT2D eigenvalue weighted by Crippen LogP contribution is -2.46. The van der Waals surface area contributed by atoms with Crippen molar-refractivity contribution in [2.45, 2.75) is 25.8 Å². The van der Waals surface area contributed by atoms with E-state index in [9.17, 15) is 4.79 Å². The fourth-order valence-corrected chi connectivity index (χ4v) is 3.35. The molecule has 3 rings (SSSR count). The number of hydrogen-bond acceptors (Lipinski definition) is 4. The minimum atomic E-state index is 0.347. The summed E-state index contributed by atoms with van der Waals surface area (Å²) in [4.78, 5) is 23.0. The zero-order chi connectivity index (χ0) is 15.4. The molecule has 2 fully saturated rings. The summed E-state index contributed by atoms with van der Waals surface area (Å²) in [6, 6.07) is 0. The van der Waals surface area contributed by atoms with Gasteiger partial charge in [-0.25, -0.2) is 4.98 Å². The number of aromatic nitrogens is 2. The van der Waals surface area contributed by atoms with Crippen LogP contribution in [0.2, 0.25) is 0 Å². The molecule has 0 atom stereocenters. The first-order chi connectivity index (χ1) is 10.7. The second-order valence-electron chi connectivity index (χ2n) is 6.41. The number of aryl methyl sites for hydroxylation is 1. The first-order valence-corrected chi connectivity index (χ1v) is 8.41. The Morgan fingerprint density at radius 1 is 1.09 bits per heavy atom. The average molecular weight is 305 g/mol. The van der Waals surface area contributed by atoms with Crippen molar-refractivity contribution >= 4 is 5.91 Å². The average Bonchev–Trinajstić information content (AvgIpc) is 3.11. The second kappa shape index (κ2) is 7.24. The first-order valence-electron chi connectivity index (χ1n) is 8.41. The zero-order valence-corrected chi connectivity index (χ0v) is 13.6. The van der Waals surface area contributed by atoms with Crippen LogP contribution < -0.4 is 0 Å². The Labute approximate surface area is 132 Å². The summed E-state index contributed by atoms with van der Waals surface area (Å²) in [5, 5.41) is 0. The number of likely N-dealkylation sites (tertiary alicyclic amines) is 1. The van der Waals surface area contributed by atoms with Crippen molar-refractivity contribution in [2.24, 2.45) is 7.05 Å². The lowest BCUT2D eigenvalue weighted by Gasteiger charge is -2.34. The van der Waals surface area contributed by atoms with Crippen LogP contribution in [0, 0.1) is 0 Å². The summed E-state index contributed by atoms with van der Waals surface area (Å²) < 4.78 is 2.10. The molecule has 6 heteroatoms. The van der Waals surface area contributed by atoms with Gasteiger partial charge in [-0.05, 0) is 19.4 Å². The number of imidazole rings is 1. The summed E-state index contributed by atoms with van der Waals surface area (Å²) in [6.45, 7) is 8.42. The molecule has 2 aliphatic rings. The van der Waals surface area contributed by atoms with E-state index in [1.54, 1.807) is 0 Å². The van der Waals surface area contributed by atoms with Crippen molar-refractivity contribution in [1.82, 2.24) is 24.3 Å². The lowest BCUT2D eigenvalue weighted by molar-refractivity contribution is -0.127. The quantitative estimate of drug-likeness (QED) is 0.770. The van der Waals surface area contributed by atoms with Crippen LogP contribution in [0.15, 0.2) is 12.4 Å². The minimum absolute atomic E-state index is 0.347. The molecule has 1 aromatic rings. The van der Waals surface area contributed by atoms with Crippen molar-refractivity contribution in [3.63, 3.8) is 0 Å². The van der Waals surface area contributed by atoms with E-state index in [1.807, 2.05) is 17.3 Å². The highest BCUT2D eigenvalue weighted by Gasteiger charge is 2.21. The zero-order valence-electron chi connectivity index (χ0n) is 13.6.